The van der Waals surface area contributed by atoms with Crippen molar-refractivity contribution in [1.29, 1.82) is 0 Å². The molecule has 100 valence electrons. The predicted molar refractivity (Wildman–Crippen MR) is 77.9 cm³/mol. The number of nitrogens with zero attached hydrogens (tertiary/aromatic N) is 1. The quantitative estimate of drug-likeness (QED) is 0.776. The number of hydrogen-bond acceptors (Lipinski definition) is 2. The highest BCUT2D eigenvalue weighted by atomic mass is 15.1. The summed E-state index contributed by atoms with van der Waals surface area (Å²) in [5, 5.41) is 3.62. The van der Waals surface area contributed by atoms with E-state index in [1.165, 1.54) is 50.0 Å². The lowest BCUT2D eigenvalue weighted by atomic mass is 10.1. The van der Waals surface area contributed by atoms with Crippen molar-refractivity contribution in [2.45, 2.75) is 39.2 Å². The second-order valence-corrected chi connectivity index (χ2v) is 5.49. The molecule has 2 rings (SSSR count). The van der Waals surface area contributed by atoms with Crippen LogP contribution in [0.15, 0.2) is 24.3 Å². The van der Waals surface area contributed by atoms with E-state index in [1.807, 2.05) is 0 Å². The van der Waals surface area contributed by atoms with Gasteiger partial charge in [-0.3, -0.25) is 0 Å². The third-order valence-electron chi connectivity index (χ3n) is 3.84. The van der Waals surface area contributed by atoms with Crippen LogP contribution in [0.2, 0.25) is 0 Å². The lowest BCUT2D eigenvalue weighted by molar-refractivity contribution is 0.328. The van der Waals surface area contributed by atoms with E-state index in [0.29, 0.717) is 6.04 Å². The molecule has 0 aliphatic carbocycles. The average Bonchev–Trinajstić information content (AvgIpc) is 2.87. The second-order valence-electron chi connectivity index (χ2n) is 5.49. The van der Waals surface area contributed by atoms with E-state index in [0.717, 1.165) is 6.54 Å². The molecular formula is C16H26N2. The molecule has 2 nitrogen and oxygen atoms in total. The maximum absolute atomic E-state index is 3.62. The van der Waals surface area contributed by atoms with Crippen LogP contribution in [0.5, 0.6) is 0 Å². The van der Waals surface area contributed by atoms with Crippen LogP contribution < -0.4 is 5.32 Å². The van der Waals surface area contributed by atoms with Gasteiger partial charge >= 0.3 is 0 Å². The van der Waals surface area contributed by atoms with Crippen LogP contribution in [0.4, 0.5) is 0 Å². The van der Waals surface area contributed by atoms with E-state index in [4.69, 9.17) is 0 Å². The fourth-order valence-electron chi connectivity index (χ4n) is 2.68. The zero-order chi connectivity index (χ0) is 12.8. The van der Waals surface area contributed by atoms with Gasteiger partial charge in [0.05, 0.1) is 0 Å². The van der Waals surface area contributed by atoms with Crippen LogP contribution >= 0.6 is 0 Å². The van der Waals surface area contributed by atoms with E-state index < -0.39 is 0 Å². The minimum Gasteiger partial charge on any atom is -0.310 e. The van der Waals surface area contributed by atoms with Gasteiger partial charge in [-0.05, 0) is 64.9 Å². The number of likely N-dealkylation sites (tertiary alicyclic amines) is 1. The molecule has 0 radical (unpaired) electrons. The van der Waals surface area contributed by atoms with Crippen molar-refractivity contribution in [2.75, 3.05) is 26.2 Å². The van der Waals surface area contributed by atoms with E-state index in [1.54, 1.807) is 0 Å². The smallest absolute Gasteiger partial charge is 0.0291 e. The van der Waals surface area contributed by atoms with Gasteiger partial charge in [0.2, 0.25) is 0 Å². The Balaban J connectivity index is 1.66. The molecular weight excluding hydrogens is 220 g/mol. The number of rotatable bonds is 6. The lowest BCUT2D eigenvalue weighted by Crippen LogP contribution is -2.26. The number of hydrogen-bond donors (Lipinski definition) is 1. The fraction of sp³-hybridized carbons (Fsp3) is 0.625. The van der Waals surface area contributed by atoms with E-state index in [-0.39, 0.29) is 0 Å². The summed E-state index contributed by atoms with van der Waals surface area (Å²) in [6.07, 6.45) is 4.05. The summed E-state index contributed by atoms with van der Waals surface area (Å²) < 4.78 is 0. The van der Waals surface area contributed by atoms with Crippen molar-refractivity contribution in [2.24, 2.45) is 0 Å². The summed E-state index contributed by atoms with van der Waals surface area (Å²) in [5.74, 6) is 0. The maximum Gasteiger partial charge on any atom is 0.0291 e. The Hall–Kier alpha value is -0.860. The van der Waals surface area contributed by atoms with Crippen molar-refractivity contribution in [3.05, 3.63) is 35.4 Å². The second kappa shape index (κ2) is 6.91. The van der Waals surface area contributed by atoms with Crippen LogP contribution in [0.3, 0.4) is 0 Å². The summed E-state index contributed by atoms with van der Waals surface area (Å²) in [5.41, 5.74) is 2.74. The third kappa shape index (κ3) is 4.11. The molecule has 0 aromatic heterocycles. The van der Waals surface area contributed by atoms with Crippen molar-refractivity contribution in [3.63, 3.8) is 0 Å². The highest BCUT2D eigenvalue weighted by molar-refractivity contribution is 5.24. The lowest BCUT2D eigenvalue weighted by Gasteiger charge is -2.17. The Bertz CT molecular complexity index is 356. The predicted octanol–water partition coefficient (Wildman–Crippen LogP) is 3.13. The minimum atomic E-state index is 0.462. The van der Waals surface area contributed by atoms with Crippen molar-refractivity contribution < 1.29 is 0 Å². The molecule has 18 heavy (non-hydrogen) atoms. The van der Waals surface area contributed by atoms with Gasteiger partial charge in [-0.15, -0.1) is 0 Å². The molecule has 1 aliphatic heterocycles. The molecule has 1 aliphatic rings. The Morgan fingerprint density at radius 2 is 2.06 bits per heavy atom. The summed E-state index contributed by atoms with van der Waals surface area (Å²) in [7, 11) is 0. The highest BCUT2D eigenvalue weighted by Gasteiger charge is 2.10. The first kappa shape index (κ1) is 13.6. The third-order valence-corrected chi connectivity index (χ3v) is 3.84. The number of nitrogens with one attached hydrogen (secondary N) is 1. The normalized spacial score (nSPS) is 18.1. The molecule has 1 aromatic carbocycles. The summed E-state index contributed by atoms with van der Waals surface area (Å²) in [4.78, 5) is 2.58. The van der Waals surface area contributed by atoms with Gasteiger partial charge < -0.3 is 10.2 Å². The molecule has 1 heterocycles. The Morgan fingerprint density at radius 3 is 2.78 bits per heavy atom. The number of benzene rings is 1. The highest BCUT2D eigenvalue weighted by Crippen LogP contribution is 2.13. The van der Waals surface area contributed by atoms with Gasteiger partial charge in [0, 0.05) is 6.04 Å². The van der Waals surface area contributed by atoms with Gasteiger partial charge in [-0.25, -0.2) is 0 Å². The average molecular weight is 246 g/mol. The first-order chi connectivity index (χ1) is 8.75. The number of aryl methyl sites for hydroxylation is 1. The van der Waals surface area contributed by atoms with Gasteiger partial charge in [-0.2, -0.15) is 0 Å². The van der Waals surface area contributed by atoms with Crippen LogP contribution in [-0.4, -0.2) is 31.1 Å². The van der Waals surface area contributed by atoms with Crippen LogP contribution in [-0.2, 0) is 0 Å². The monoisotopic (exact) mass is 246 g/mol. The fourth-order valence-corrected chi connectivity index (χ4v) is 2.68. The Labute approximate surface area is 111 Å². The van der Waals surface area contributed by atoms with Crippen LogP contribution in [0.1, 0.15) is 43.4 Å². The molecule has 0 bridgehead atoms. The zero-order valence-corrected chi connectivity index (χ0v) is 11.8. The van der Waals surface area contributed by atoms with E-state index >= 15 is 0 Å². The largest absolute Gasteiger partial charge is 0.310 e. The summed E-state index contributed by atoms with van der Waals surface area (Å²) >= 11 is 0. The zero-order valence-electron chi connectivity index (χ0n) is 11.8. The SMILES string of the molecule is Cc1cccc([C@@H](C)NCCCN2CCCC2)c1. The van der Waals surface area contributed by atoms with Gasteiger partial charge in [0.25, 0.3) is 0 Å². The minimum absolute atomic E-state index is 0.462. The van der Waals surface area contributed by atoms with Crippen molar-refractivity contribution in [3.8, 4) is 0 Å². The van der Waals surface area contributed by atoms with Crippen molar-refractivity contribution in [1.82, 2.24) is 10.2 Å². The molecule has 1 saturated heterocycles. The molecule has 0 spiro atoms. The molecule has 1 fully saturated rings. The standard InChI is InChI=1S/C16H26N2/c1-14-7-5-8-16(13-14)15(2)17-9-6-12-18-10-3-4-11-18/h5,7-8,13,15,17H,3-4,6,9-12H2,1-2H3/t15-/m1/s1. The first-order valence-corrected chi connectivity index (χ1v) is 7.28. The van der Waals surface area contributed by atoms with Gasteiger partial charge in [0.15, 0.2) is 0 Å². The van der Waals surface area contributed by atoms with Gasteiger partial charge in [0.1, 0.15) is 0 Å². The molecule has 1 atom stereocenters. The van der Waals surface area contributed by atoms with E-state index in [9.17, 15) is 0 Å². The molecule has 0 amide bonds. The molecule has 0 saturated carbocycles. The van der Waals surface area contributed by atoms with Crippen LogP contribution in [0.25, 0.3) is 0 Å². The van der Waals surface area contributed by atoms with Crippen molar-refractivity contribution >= 4 is 0 Å². The molecule has 1 aromatic rings. The van der Waals surface area contributed by atoms with Gasteiger partial charge in [-0.1, -0.05) is 29.8 Å². The first-order valence-electron chi connectivity index (χ1n) is 7.28. The molecule has 1 N–H and O–H groups in total. The Kier molecular flexibility index (Phi) is 5.21. The molecule has 2 heteroatoms. The summed E-state index contributed by atoms with van der Waals surface area (Å²) in [6, 6.07) is 9.25. The topological polar surface area (TPSA) is 15.3 Å². The molecule has 0 unspecified atom stereocenters. The Morgan fingerprint density at radius 1 is 1.28 bits per heavy atom. The summed E-state index contributed by atoms with van der Waals surface area (Å²) in [6.45, 7) is 9.41. The van der Waals surface area contributed by atoms with Crippen LogP contribution in [0, 0.1) is 6.92 Å². The van der Waals surface area contributed by atoms with E-state index in [2.05, 4.69) is 48.3 Å². The maximum atomic E-state index is 3.62.